The van der Waals surface area contributed by atoms with Crippen molar-refractivity contribution in [1.29, 1.82) is 0 Å². The lowest BCUT2D eigenvalue weighted by atomic mass is 9.99. The molecular formula is C18H36NO5P. The molecule has 0 heterocycles. The molecule has 1 N–H and O–H groups in total. The summed E-state index contributed by atoms with van der Waals surface area (Å²) in [7, 11) is -0.328. The van der Waals surface area contributed by atoms with Gasteiger partial charge >= 0.3 is 11.9 Å². The molecule has 0 aliphatic rings. The maximum atomic E-state index is 13.6. The first-order valence-corrected chi connectivity index (χ1v) is 10.9. The van der Waals surface area contributed by atoms with E-state index in [1.54, 1.807) is 0 Å². The van der Waals surface area contributed by atoms with Crippen molar-refractivity contribution >= 4 is 19.2 Å². The van der Waals surface area contributed by atoms with E-state index in [4.69, 9.17) is 9.47 Å². The van der Waals surface area contributed by atoms with Crippen LogP contribution in [0.4, 0.5) is 0 Å². The van der Waals surface area contributed by atoms with E-state index in [0.717, 1.165) is 0 Å². The van der Waals surface area contributed by atoms with Crippen molar-refractivity contribution in [3.05, 3.63) is 0 Å². The van der Waals surface area contributed by atoms with E-state index in [1.807, 2.05) is 41.5 Å². The van der Waals surface area contributed by atoms with Crippen LogP contribution in [0.25, 0.3) is 0 Å². The Morgan fingerprint density at radius 2 is 1.36 bits per heavy atom. The molecule has 25 heavy (non-hydrogen) atoms. The Morgan fingerprint density at radius 3 is 1.72 bits per heavy atom. The summed E-state index contributed by atoms with van der Waals surface area (Å²) in [5.74, 6) is -0.716. The van der Waals surface area contributed by atoms with Crippen molar-refractivity contribution in [3.8, 4) is 0 Å². The van der Waals surface area contributed by atoms with Crippen LogP contribution in [-0.2, 0) is 23.6 Å². The highest BCUT2D eigenvalue weighted by Crippen LogP contribution is 2.49. The molecule has 1 unspecified atom stereocenters. The van der Waals surface area contributed by atoms with Crippen LogP contribution in [0, 0.1) is 17.8 Å². The summed E-state index contributed by atoms with van der Waals surface area (Å²) in [5.41, 5.74) is -0.203. The standard InChI is InChI=1S/C18H36NO5P/c1-12(2)9-15(17(20)23-7)11-25(22,14(5)6)19-16(10-13(3)4)18(21)24-8/h12-16H,9-11H2,1-8H3,(H,19,22)/t15-,16+,25?/m1/s1. The van der Waals surface area contributed by atoms with E-state index in [-0.39, 0.29) is 29.6 Å². The Hall–Kier alpha value is -0.870. The quantitative estimate of drug-likeness (QED) is 0.437. The third-order valence-electron chi connectivity index (χ3n) is 4.18. The molecule has 0 saturated carbocycles. The van der Waals surface area contributed by atoms with Gasteiger partial charge in [0, 0.05) is 11.8 Å². The fourth-order valence-electron chi connectivity index (χ4n) is 2.80. The highest BCUT2D eigenvalue weighted by molar-refractivity contribution is 7.62. The van der Waals surface area contributed by atoms with Gasteiger partial charge in [-0.1, -0.05) is 41.5 Å². The monoisotopic (exact) mass is 377 g/mol. The smallest absolute Gasteiger partial charge is 0.323 e. The molecular weight excluding hydrogens is 341 g/mol. The van der Waals surface area contributed by atoms with Gasteiger partial charge in [-0.15, -0.1) is 0 Å². The maximum absolute atomic E-state index is 13.6. The van der Waals surface area contributed by atoms with Gasteiger partial charge in [0.25, 0.3) is 0 Å². The highest BCUT2D eigenvalue weighted by atomic mass is 31.2. The topological polar surface area (TPSA) is 81.7 Å². The molecule has 0 amide bonds. The third-order valence-corrected chi connectivity index (χ3v) is 7.58. The molecule has 0 aliphatic heterocycles. The molecule has 0 bridgehead atoms. The van der Waals surface area contributed by atoms with Crippen LogP contribution in [-0.4, -0.2) is 44.0 Å². The maximum Gasteiger partial charge on any atom is 0.323 e. The summed E-state index contributed by atoms with van der Waals surface area (Å²) in [6.45, 7) is 11.7. The molecule has 7 heteroatoms. The molecule has 0 aromatic heterocycles. The van der Waals surface area contributed by atoms with Crippen molar-refractivity contribution in [1.82, 2.24) is 5.09 Å². The molecule has 0 saturated heterocycles. The van der Waals surface area contributed by atoms with Crippen LogP contribution in [0.5, 0.6) is 0 Å². The van der Waals surface area contributed by atoms with Gasteiger partial charge in [-0.25, -0.2) is 0 Å². The van der Waals surface area contributed by atoms with Gasteiger partial charge in [0.1, 0.15) is 6.04 Å². The van der Waals surface area contributed by atoms with E-state index < -0.39 is 25.2 Å². The van der Waals surface area contributed by atoms with Crippen LogP contribution < -0.4 is 5.09 Å². The van der Waals surface area contributed by atoms with Gasteiger partial charge in [0.2, 0.25) is 0 Å². The number of esters is 2. The largest absolute Gasteiger partial charge is 0.469 e. The lowest BCUT2D eigenvalue weighted by Crippen LogP contribution is -2.40. The highest BCUT2D eigenvalue weighted by Gasteiger charge is 2.37. The zero-order valence-electron chi connectivity index (χ0n) is 17.0. The van der Waals surface area contributed by atoms with Crippen LogP contribution in [0.2, 0.25) is 0 Å². The molecule has 0 spiro atoms. The first-order valence-electron chi connectivity index (χ1n) is 8.98. The van der Waals surface area contributed by atoms with E-state index in [0.29, 0.717) is 12.8 Å². The summed E-state index contributed by atoms with van der Waals surface area (Å²) in [6, 6.07) is -0.643. The summed E-state index contributed by atoms with van der Waals surface area (Å²) >= 11 is 0. The zero-order chi connectivity index (χ0) is 19.8. The second-order valence-electron chi connectivity index (χ2n) is 7.76. The lowest BCUT2D eigenvalue weighted by molar-refractivity contribution is -0.145. The summed E-state index contributed by atoms with van der Waals surface area (Å²) in [6.07, 6.45) is 1.30. The first-order chi connectivity index (χ1) is 11.5. The number of carbonyl (C=O) groups excluding carboxylic acids is 2. The van der Waals surface area contributed by atoms with Crippen molar-refractivity contribution in [2.24, 2.45) is 17.8 Å². The van der Waals surface area contributed by atoms with Crippen molar-refractivity contribution in [2.45, 2.75) is 66.1 Å². The van der Waals surface area contributed by atoms with E-state index in [1.165, 1.54) is 14.2 Å². The number of rotatable bonds is 11. The fourth-order valence-corrected chi connectivity index (χ4v) is 5.32. The molecule has 0 radical (unpaired) electrons. The van der Waals surface area contributed by atoms with E-state index >= 15 is 0 Å². The average molecular weight is 377 g/mol. The van der Waals surface area contributed by atoms with Gasteiger partial charge in [0.05, 0.1) is 20.1 Å². The SMILES string of the molecule is COC(=O)[C@H](CC(C)C)CP(=O)(N[C@@H](CC(C)C)C(=O)OC)C(C)C. The molecule has 0 aliphatic carbocycles. The Morgan fingerprint density at radius 1 is 0.880 bits per heavy atom. The first kappa shape index (κ1) is 24.1. The Bertz CT molecular complexity index is 440. The minimum Gasteiger partial charge on any atom is -0.469 e. The van der Waals surface area contributed by atoms with E-state index in [2.05, 4.69) is 5.09 Å². The molecule has 148 valence electrons. The second kappa shape index (κ2) is 11.0. The number of methoxy groups -OCH3 is 2. The van der Waals surface area contributed by atoms with E-state index in [9.17, 15) is 14.2 Å². The van der Waals surface area contributed by atoms with Crippen molar-refractivity contribution in [2.75, 3.05) is 20.4 Å². The van der Waals surface area contributed by atoms with Crippen LogP contribution >= 0.6 is 7.29 Å². The predicted molar refractivity (Wildman–Crippen MR) is 101 cm³/mol. The molecule has 0 rings (SSSR count). The van der Waals surface area contributed by atoms with Crippen molar-refractivity contribution < 1.29 is 23.6 Å². The Balaban J connectivity index is 5.51. The third kappa shape index (κ3) is 8.37. The van der Waals surface area contributed by atoms with Gasteiger partial charge in [0.15, 0.2) is 7.29 Å². The lowest BCUT2D eigenvalue weighted by Gasteiger charge is -2.31. The normalized spacial score (nSPS) is 16.6. The number of nitrogens with one attached hydrogen (secondary N) is 1. The minimum atomic E-state index is -3.00. The summed E-state index contributed by atoms with van der Waals surface area (Å²) in [5, 5.41) is 3.07. The molecule has 0 aromatic carbocycles. The summed E-state index contributed by atoms with van der Waals surface area (Å²) in [4.78, 5) is 24.2. The Kier molecular flexibility index (Phi) is 10.6. The molecule has 6 nitrogen and oxygen atoms in total. The van der Waals surface area contributed by atoms with Gasteiger partial charge in [-0.3, -0.25) is 14.7 Å². The summed E-state index contributed by atoms with van der Waals surface area (Å²) < 4.78 is 23.4. The number of ether oxygens (including phenoxy) is 2. The predicted octanol–water partition coefficient (Wildman–Crippen LogP) is 3.69. The van der Waals surface area contributed by atoms with Crippen LogP contribution in [0.3, 0.4) is 0 Å². The van der Waals surface area contributed by atoms with Gasteiger partial charge in [-0.05, 0) is 24.7 Å². The average Bonchev–Trinajstić information content (AvgIpc) is 2.50. The zero-order valence-corrected chi connectivity index (χ0v) is 17.9. The van der Waals surface area contributed by atoms with Gasteiger partial charge < -0.3 is 14.0 Å². The number of carbonyl (C=O) groups is 2. The number of hydrogen-bond acceptors (Lipinski definition) is 5. The van der Waals surface area contributed by atoms with Crippen LogP contribution in [0.15, 0.2) is 0 Å². The fraction of sp³-hybridized carbons (Fsp3) is 0.889. The minimum absolute atomic E-state index is 0.182. The van der Waals surface area contributed by atoms with Crippen molar-refractivity contribution in [3.63, 3.8) is 0 Å². The molecule has 3 atom stereocenters. The Labute approximate surface area is 152 Å². The van der Waals surface area contributed by atoms with Gasteiger partial charge in [-0.2, -0.15) is 0 Å². The molecule has 0 fully saturated rings. The number of hydrogen-bond donors (Lipinski definition) is 1. The van der Waals surface area contributed by atoms with Crippen LogP contribution in [0.1, 0.15) is 54.4 Å². The second-order valence-corrected chi connectivity index (χ2v) is 11.0. The molecule has 0 aromatic rings.